The summed E-state index contributed by atoms with van der Waals surface area (Å²) in [4.78, 5) is 23.3. The first-order chi connectivity index (χ1) is 8.91. The van der Waals surface area contributed by atoms with Gasteiger partial charge in [-0.1, -0.05) is 26.0 Å². The van der Waals surface area contributed by atoms with Gasteiger partial charge in [-0.05, 0) is 43.4 Å². The van der Waals surface area contributed by atoms with Crippen LogP contribution in [0.1, 0.15) is 31.4 Å². The van der Waals surface area contributed by atoms with E-state index in [1.165, 1.54) is 0 Å². The Morgan fingerprint density at radius 2 is 1.84 bits per heavy atom. The zero-order chi connectivity index (χ0) is 14.4. The molecule has 19 heavy (non-hydrogen) atoms. The van der Waals surface area contributed by atoms with Gasteiger partial charge < -0.3 is 10.6 Å². The van der Waals surface area contributed by atoms with Crippen molar-refractivity contribution in [2.24, 2.45) is 5.92 Å². The van der Waals surface area contributed by atoms with E-state index in [2.05, 4.69) is 24.5 Å². The lowest BCUT2D eigenvalue weighted by Crippen LogP contribution is -2.36. The van der Waals surface area contributed by atoms with Crippen molar-refractivity contribution < 1.29 is 9.59 Å². The molecule has 0 aromatic heterocycles. The number of nitrogens with one attached hydrogen (secondary N) is 2. The highest BCUT2D eigenvalue weighted by Crippen LogP contribution is 2.17. The topological polar surface area (TPSA) is 58.2 Å². The Morgan fingerprint density at radius 3 is 2.47 bits per heavy atom. The molecule has 0 aliphatic carbocycles. The number of carbonyl (C=O) groups is 2. The molecule has 0 radical (unpaired) electrons. The van der Waals surface area contributed by atoms with Crippen molar-refractivity contribution in [1.82, 2.24) is 5.32 Å². The van der Waals surface area contributed by atoms with Crippen LogP contribution in [0.2, 0.25) is 0 Å². The minimum Gasteiger partial charge on any atom is -0.348 e. The van der Waals surface area contributed by atoms with E-state index in [-0.39, 0.29) is 0 Å². The van der Waals surface area contributed by atoms with Crippen molar-refractivity contribution in [3.8, 4) is 0 Å². The van der Waals surface area contributed by atoms with E-state index in [1.54, 1.807) is 6.07 Å². The minimum atomic E-state index is -0.613. The van der Waals surface area contributed by atoms with Gasteiger partial charge >= 0.3 is 11.8 Å². The Bertz CT molecular complexity index is 467. The third-order valence-electron chi connectivity index (χ3n) is 3.07. The zero-order valence-corrected chi connectivity index (χ0v) is 12.0. The number of rotatable bonds is 4. The first kappa shape index (κ1) is 15.2. The van der Waals surface area contributed by atoms with Crippen molar-refractivity contribution in [1.29, 1.82) is 0 Å². The van der Waals surface area contributed by atoms with Gasteiger partial charge in [0.2, 0.25) is 0 Å². The number of hydrogen-bond acceptors (Lipinski definition) is 2. The van der Waals surface area contributed by atoms with Crippen molar-refractivity contribution in [2.45, 2.75) is 34.1 Å². The van der Waals surface area contributed by atoms with Crippen LogP contribution in [0.15, 0.2) is 18.2 Å². The lowest BCUT2D eigenvalue weighted by atomic mass is 10.1. The Kier molecular flexibility index (Phi) is 5.55. The van der Waals surface area contributed by atoms with Crippen LogP contribution in [0.5, 0.6) is 0 Å². The Hall–Kier alpha value is -1.84. The highest BCUT2D eigenvalue weighted by Gasteiger charge is 2.14. The smallest absolute Gasteiger partial charge is 0.313 e. The average Bonchev–Trinajstić information content (AvgIpc) is 2.34. The van der Waals surface area contributed by atoms with Crippen LogP contribution >= 0.6 is 0 Å². The molecule has 0 aliphatic heterocycles. The van der Waals surface area contributed by atoms with Gasteiger partial charge in [-0.2, -0.15) is 0 Å². The SMILES string of the molecule is Cc1cccc(NC(=O)C(=O)NCCC(C)C)c1C. The quantitative estimate of drug-likeness (QED) is 0.819. The molecule has 4 heteroatoms. The Labute approximate surface area is 114 Å². The van der Waals surface area contributed by atoms with E-state index in [0.29, 0.717) is 18.2 Å². The Morgan fingerprint density at radius 1 is 1.16 bits per heavy atom. The second kappa shape index (κ2) is 6.92. The molecular weight excluding hydrogens is 240 g/mol. The number of anilines is 1. The van der Waals surface area contributed by atoms with Gasteiger partial charge in [-0.15, -0.1) is 0 Å². The number of amides is 2. The van der Waals surface area contributed by atoms with Crippen LogP contribution in [-0.4, -0.2) is 18.4 Å². The Balaban J connectivity index is 2.55. The number of benzene rings is 1. The van der Waals surface area contributed by atoms with Crippen LogP contribution in [-0.2, 0) is 9.59 Å². The van der Waals surface area contributed by atoms with Gasteiger partial charge in [0.05, 0.1) is 0 Å². The monoisotopic (exact) mass is 262 g/mol. The normalized spacial score (nSPS) is 10.4. The summed E-state index contributed by atoms with van der Waals surface area (Å²) in [7, 11) is 0. The molecule has 0 saturated carbocycles. The molecule has 2 amide bonds. The fourth-order valence-corrected chi connectivity index (χ4v) is 1.62. The summed E-state index contributed by atoms with van der Waals surface area (Å²) in [5.74, 6) is -0.693. The van der Waals surface area contributed by atoms with Crippen molar-refractivity contribution in [3.63, 3.8) is 0 Å². The third kappa shape index (κ3) is 4.73. The molecule has 0 bridgehead atoms. The second-order valence-corrected chi connectivity index (χ2v) is 5.14. The van der Waals surface area contributed by atoms with Crippen LogP contribution < -0.4 is 10.6 Å². The van der Waals surface area contributed by atoms with Gasteiger partial charge in [0, 0.05) is 12.2 Å². The fraction of sp³-hybridized carbons (Fsp3) is 0.467. The minimum absolute atomic E-state index is 0.502. The molecule has 1 aromatic carbocycles. The van der Waals surface area contributed by atoms with E-state index >= 15 is 0 Å². The lowest BCUT2D eigenvalue weighted by Gasteiger charge is -2.10. The molecule has 1 aromatic rings. The molecule has 104 valence electrons. The molecule has 0 atom stereocenters. The molecule has 4 nitrogen and oxygen atoms in total. The third-order valence-corrected chi connectivity index (χ3v) is 3.07. The summed E-state index contributed by atoms with van der Waals surface area (Å²) >= 11 is 0. The number of aryl methyl sites for hydroxylation is 1. The molecule has 0 unspecified atom stereocenters. The van der Waals surface area contributed by atoms with Crippen LogP contribution in [0.4, 0.5) is 5.69 Å². The number of carbonyl (C=O) groups excluding carboxylic acids is 2. The highest BCUT2D eigenvalue weighted by atomic mass is 16.2. The van der Waals surface area contributed by atoms with E-state index < -0.39 is 11.8 Å². The first-order valence-electron chi connectivity index (χ1n) is 6.57. The summed E-state index contributed by atoms with van der Waals surface area (Å²) < 4.78 is 0. The van der Waals surface area contributed by atoms with E-state index in [9.17, 15) is 9.59 Å². The summed E-state index contributed by atoms with van der Waals surface area (Å²) in [6, 6.07) is 5.62. The maximum Gasteiger partial charge on any atom is 0.313 e. The van der Waals surface area contributed by atoms with Crippen LogP contribution in [0.25, 0.3) is 0 Å². The maximum absolute atomic E-state index is 11.7. The molecule has 0 aliphatic rings. The molecule has 0 spiro atoms. The molecule has 0 fully saturated rings. The van der Waals surface area contributed by atoms with Crippen molar-refractivity contribution in [3.05, 3.63) is 29.3 Å². The molecule has 2 N–H and O–H groups in total. The van der Waals surface area contributed by atoms with Crippen molar-refractivity contribution >= 4 is 17.5 Å². The van der Waals surface area contributed by atoms with Crippen LogP contribution in [0.3, 0.4) is 0 Å². The fourth-order valence-electron chi connectivity index (χ4n) is 1.62. The van der Waals surface area contributed by atoms with Crippen molar-refractivity contribution in [2.75, 3.05) is 11.9 Å². The predicted octanol–water partition coefficient (Wildman–Crippen LogP) is 2.40. The van der Waals surface area contributed by atoms with E-state index in [1.807, 2.05) is 26.0 Å². The largest absolute Gasteiger partial charge is 0.348 e. The highest BCUT2D eigenvalue weighted by molar-refractivity contribution is 6.39. The lowest BCUT2D eigenvalue weighted by molar-refractivity contribution is -0.136. The zero-order valence-electron chi connectivity index (χ0n) is 12.0. The number of hydrogen-bond donors (Lipinski definition) is 2. The van der Waals surface area contributed by atoms with Crippen LogP contribution in [0, 0.1) is 19.8 Å². The summed E-state index contributed by atoms with van der Waals surface area (Å²) in [5, 5.41) is 5.26. The maximum atomic E-state index is 11.7. The van der Waals surface area contributed by atoms with Gasteiger partial charge in [-0.3, -0.25) is 9.59 Å². The molecular formula is C15H22N2O2. The predicted molar refractivity (Wildman–Crippen MR) is 77.0 cm³/mol. The van der Waals surface area contributed by atoms with E-state index in [0.717, 1.165) is 17.5 Å². The van der Waals surface area contributed by atoms with E-state index in [4.69, 9.17) is 0 Å². The summed E-state index contributed by atoms with van der Waals surface area (Å²) in [6.45, 7) is 8.55. The van der Waals surface area contributed by atoms with Gasteiger partial charge in [-0.25, -0.2) is 0 Å². The van der Waals surface area contributed by atoms with Gasteiger partial charge in [0.15, 0.2) is 0 Å². The molecule has 0 heterocycles. The second-order valence-electron chi connectivity index (χ2n) is 5.14. The molecule has 1 rings (SSSR count). The summed E-state index contributed by atoms with van der Waals surface area (Å²) in [6.07, 6.45) is 0.864. The standard InChI is InChI=1S/C15H22N2O2/c1-10(2)8-9-16-14(18)15(19)17-13-7-5-6-11(3)12(13)4/h5-7,10H,8-9H2,1-4H3,(H,16,18)(H,17,19). The molecule has 0 saturated heterocycles. The first-order valence-corrected chi connectivity index (χ1v) is 6.57. The summed E-state index contributed by atoms with van der Waals surface area (Å²) in [5.41, 5.74) is 2.74. The van der Waals surface area contributed by atoms with Gasteiger partial charge in [0.1, 0.15) is 0 Å². The van der Waals surface area contributed by atoms with Gasteiger partial charge in [0.25, 0.3) is 0 Å². The average molecular weight is 262 g/mol.